The molecule has 0 spiro atoms. The molecule has 1 aliphatic rings. The van der Waals surface area contributed by atoms with Crippen LogP contribution < -0.4 is 4.74 Å². The summed E-state index contributed by atoms with van der Waals surface area (Å²) in [5.74, 6) is -2.12. The molecular weight excluding hydrogens is 410 g/mol. The van der Waals surface area contributed by atoms with Crippen LogP contribution in [0, 0.1) is 5.82 Å². The summed E-state index contributed by atoms with van der Waals surface area (Å²) in [4.78, 5) is 27.2. The Hall–Kier alpha value is -3.62. The summed E-state index contributed by atoms with van der Waals surface area (Å²) in [6.45, 7) is 1.84. The maximum atomic E-state index is 13.9. The van der Waals surface area contributed by atoms with Crippen molar-refractivity contribution in [1.29, 1.82) is 0 Å². The summed E-state index contributed by atoms with van der Waals surface area (Å²) in [5, 5.41) is 12.7. The van der Waals surface area contributed by atoms with E-state index in [-0.39, 0.29) is 35.7 Å². The van der Waals surface area contributed by atoms with Crippen molar-refractivity contribution in [2.75, 3.05) is 0 Å². The third kappa shape index (κ3) is 4.16. The molecule has 31 heavy (non-hydrogen) atoms. The molecule has 0 radical (unpaired) electrons. The number of carbonyl (C=O) groups excluding carboxylic acids is 1. The molecule has 3 aromatic rings. The van der Waals surface area contributed by atoms with Crippen molar-refractivity contribution in [2.45, 2.75) is 38.0 Å². The number of carboxylic acids is 1. The average molecular weight is 428 g/mol. The number of carboxylic acid groups (broad SMARTS) is 1. The zero-order valence-electron chi connectivity index (χ0n) is 16.5. The highest BCUT2D eigenvalue weighted by molar-refractivity contribution is 6.04. The average Bonchev–Trinajstić information content (AvgIpc) is 3.32. The van der Waals surface area contributed by atoms with Gasteiger partial charge in [0.25, 0.3) is 5.89 Å². The number of aromatic nitrogens is 2. The summed E-state index contributed by atoms with van der Waals surface area (Å²) in [5.41, 5.74) is -1.64. The lowest BCUT2D eigenvalue weighted by Gasteiger charge is -2.14. The zero-order valence-corrected chi connectivity index (χ0v) is 16.5. The van der Waals surface area contributed by atoms with Crippen molar-refractivity contribution in [3.05, 3.63) is 65.3 Å². The molecule has 0 saturated heterocycles. The topological polar surface area (TPSA) is 103 Å². The first kappa shape index (κ1) is 20.6. The number of nitrogens with zero attached hydrogens (tertiary/aromatic N) is 2. The van der Waals surface area contributed by atoms with Crippen molar-refractivity contribution >= 4 is 11.8 Å². The van der Waals surface area contributed by atoms with Gasteiger partial charge in [-0.25, -0.2) is 13.6 Å². The highest BCUT2D eigenvalue weighted by Crippen LogP contribution is 2.42. The van der Waals surface area contributed by atoms with Crippen LogP contribution in [0.3, 0.4) is 0 Å². The number of aromatic carboxylic acids is 1. The van der Waals surface area contributed by atoms with E-state index in [2.05, 4.69) is 10.1 Å². The summed E-state index contributed by atoms with van der Waals surface area (Å²) >= 11 is 0. The number of alkyl halides is 1. The lowest BCUT2D eigenvalue weighted by molar-refractivity contribution is 0.0691. The van der Waals surface area contributed by atoms with Crippen LogP contribution in [0.5, 0.6) is 5.75 Å². The first-order valence-corrected chi connectivity index (χ1v) is 9.68. The number of hydrogen-bond donors (Lipinski definition) is 1. The first-order chi connectivity index (χ1) is 14.8. The minimum absolute atomic E-state index is 0.0894. The van der Waals surface area contributed by atoms with Gasteiger partial charge in [0.05, 0.1) is 5.56 Å². The fourth-order valence-corrected chi connectivity index (χ4v) is 3.06. The van der Waals surface area contributed by atoms with Gasteiger partial charge in [-0.15, -0.1) is 0 Å². The standard InChI is InChI=1S/C22H18F2N2O5/c1-2-17(30-14-6-3-12(4-7-14)18(27)22(24)9-10-22)20-25-19(26-31-20)13-5-8-15(21(28)29)16(23)11-13/h3-8,11,17H,2,9-10H2,1H3,(H,28,29)/t17-/m1/s1. The molecule has 160 valence electrons. The maximum Gasteiger partial charge on any atom is 0.338 e. The highest BCUT2D eigenvalue weighted by atomic mass is 19.1. The van der Waals surface area contributed by atoms with Crippen molar-refractivity contribution in [1.82, 2.24) is 10.1 Å². The number of Topliss-reactive ketones (excluding diaryl/α,β-unsaturated/α-hetero) is 1. The lowest BCUT2D eigenvalue weighted by Crippen LogP contribution is -2.16. The third-order valence-electron chi connectivity index (χ3n) is 5.04. The number of halogens is 2. The molecule has 0 bridgehead atoms. The molecule has 1 N–H and O–H groups in total. The molecule has 1 aliphatic carbocycles. The predicted molar refractivity (Wildman–Crippen MR) is 104 cm³/mol. The normalized spacial score (nSPS) is 15.3. The van der Waals surface area contributed by atoms with Crippen LogP contribution in [0.1, 0.15) is 58.9 Å². The van der Waals surface area contributed by atoms with Gasteiger partial charge in [-0.05, 0) is 61.7 Å². The zero-order chi connectivity index (χ0) is 22.2. The van der Waals surface area contributed by atoms with Crippen LogP contribution >= 0.6 is 0 Å². The lowest BCUT2D eigenvalue weighted by atomic mass is 10.1. The van der Waals surface area contributed by atoms with E-state index in [0.29, 0.717) is 12.2 Å². The third-order valence-corrected chi connectivity index (χ3v) is 5.04. The minimum atomic E-state index is -1.73. The van der Waals surface area contributed by atoms with Crippen molar-refractivity contribution in [3.8, 4) is 17.1 Å². The Morgan fingerprint density at radius 1 is 1.23 bits per heavy atom. The van der Waals surface area contributed by atoms with E-state index < -0.39 is 34.9 Å². The van der Waals surface area contributed by atoms with Gasteiger partial charge in [-0.1, -0.05) is 12.1 Å². The molecule has 7 nitrogen and oxygen atoms in total. The monoisotopic (exact) mass is 428 g/mol. The van der Waals surface area contributed by atoms with Gasteiger partial charge < -0.3 is 14.4 Å². The Bertz CT molecular complexity index is 1140. The Balaban J connectivity index is 1.49. The van der Waals surface area contributed by atoms with E-state index in [4.69, 9.17) is 14.4 Å². The Kier molecular flexibility index (Phi) is 5.26. The Labute approximate surface area is 175 Å². The van der Waals surface area contributed by atoms with E-state index in [1.54, 1.807) is 12.1 Å². The molecule has 1 aromatic heterocycles. The summed E-state index contributed by atoms with van der Waals surface area (Å²) in [6, 6.07) is 9.69. The van der Waals surface area contributed by atoms with E-state index >= 15 is 0 Å². The van der Waals surface area contributed by atoms with E-state index in [1.165, 1.54) is 18.2 Å². The van der Waals surface area contributed by atoms with Crippen molar-refractivity contribution in [2.24, 2.45) is 0 Å². The van der Waals surface area contributed by atoms with Crippen LogP contribution in [0.2, 0.25) is 0 Å². The number of ketones is 1. The minimum Gasteiger partial charge on any atom is -0.481 e. The largest absolute Gasteiger partial charge is 0.481 e. The molecule has 0 aliphatic heterocycles. The van der Waals surface area contributed by atoms with Gasteiger partial charge in [0, 0.05) is 11.1 Å². The van der Waals surface area contributed by atoms with Gasteiger partial charge in [0.2, 0.25) is 5.82 Å². The molecule has 0 unspecified atom stereocenters. The van der Waals surface area contributed by atoms with Gasteiger partial charge in [0.15, 0.2) is 17.6 Å². The molecule has 9 heteroatoms. The summed E-state index contributed by atoms with van der Waals surface area (Å²) in [7, 11) is 0. The molecule has 2 aromatic carbocycles. The van der Waals surface area contributed by atoms with Crippen LogP contribution in [-0.4, -0.2) is 32.7 Å². The van der Waals surface area contributed by atoms with E-state index in [1.807, 2.05) is 6.92 Å². The number of benzene rings is 2. The second-order valence-corrected chi connectivity index (χ2v) is 7.29. The van der Waals surface area contributed by atoms with Crippen molar-refractivity contribution in [3.63, 3.8) is 0 Å². The molecule has 1 fully saturated rings. The van der Waals surface area contributed by atoms with Gasteiger partial charge in [-0.2, -0.15) is 4.98 Å². The van der Waals surface area contributed by atoms with Crippen LogP contribution in [0.25, 0.3) is 11.4 Å². The fourth-order valence-electron chi connectivity index (χ4n) is 3.06. The van der Waals surface area contributed by atoms with Gasteiger partial charge in [-0.3, -0.25) is 4.79 Å². The number of hydrogen-bond acceptors (Lipinski definition) is 6. The second kappa shape index (κ2) is 7.90. The molecule has 0 amide bonds. The van der Waals surface area contributed by atoms with Gasteiger partial charge >= 0.3 is 5.97 Å². The Morgan fingerprint density at radius 3 is 2.52 bits per heavy atom. The fraction of sp³-hybridized carbons (Fsp3) is 0.273. The molecule has 4 rings (SSSR count). The summed E-state index contributed by atoms with van der Waals surface area (Å²) in [6.07, 6.45) is 0.374. The molecule has 1 heterocycles. The second-order valence-electron chi connectivity index (χ2n) is 7.29. The first-order valence-electron chi connectivity index (χ1n) is 9.68. The number of rotatable bonds is 8. The molecule has 1 saturated carbocycles. The SMILES string of the molecule is CC[C@@H](Oc1ccc(C(=O)C2(F)CC2)cc1)c1nc(-c2ccc(C(=O)O)c(F)c2)no1. The Morgan fingerprint density at radius 2 is 1.94 bits per heavy atom. The van der Waals surface area contributed by atoms with E-state index in [9.17, 15) is 18.4 Å². The van der Waals surface area contributed by atoms with Crippen molar-refractivity contribution < 1.29 is 32.7 Å². The van der Waals surface area contributed by atoms with Crippen LogP contribution in [-0.2, 0) is 0 Å². The smallest absolute Gasteiger partial charge is 0.338 e. The number of carbonyl (C=O) groups is 2. The van der Waals surface area contributed by atoms with Gasteiger partial charge in [0.1, 0.15) is 11.6 Å². The number of ether oxygens (including phenoxy) is 1. The van der Waals surface area contributed by atoms with E-state index in [0.717, 1.165) is 12.1 Å². The quantitative estimate of drug-likeness (QED) is 0.515. The molecular formula is C22H18F2N2O5. The summed E-state index contributed by atoms with van der Waals surface area (Å²) < 4.78 is 39.0. The van der Waals surface area contributed by atoms with Crippen LogP contribution in [0.15, 0.2) is 47.0 Å². The van der Waals surface area contributed by atoms with Crippen LogP contribution in [0.4, 0.5) is 8.78 Å². The maximum absolute atomic E-state index is 13.9. The molecule has 1 atom stereocenters. The highest BCUT2D eigenvalue weighted by Gasteiger charge is 2.50. The predicted octanol–water partition coefficient (Wildman–Crippen LogP) is 4.79.